The molecule has 0 unspecified atom stereocenters. The summed E-state index contributed by atoms with van der Waals surface area (Å²) < 4.78 is 5.31. The highest BCUT2D eigenvalue weighted by molar-refractivity contribution is 5.78. The summed E-state index contributed by atoms with van der Waals surface area (Å²) in [5.41, 5.74) is 1.57. The summed E-state index contributed by atoms with van der Waals surface area (Å²) in [6.07, 6.45) is 1.28. The number of oxazole rings is 1. The van der Waals surface area contributed by atoms with Crippen molar-refractivity contribution >= 4 is 22.9 Å². The minimum atomic E-state index is -0.380. The molecule has 6 heteroatoms. The molecule has 2 N–H and O–H groups in total. The molecular formula is C15H13N3O3. The van der Waals surface area contributed by atoms with Gasteiger partial charge >= 0.3 is 0 Å². The summed E-state index contributed by atoms with van der Waals surface area (Å²) >= 11 is 0. The second-order valence-electron chi connectivity index (χ2n) is 4.65. The summed E-state index contributed by atoms with van der Waals surface area (Å²) in [4.78, 5) is 23.0. The Morgan fingerprint density at radius 1 is 1.29 bits per heavy atom. The topological polar surface area (TPSA) is 92.0 Å². The summed E-state index contributed by atoms with van der Waals surface area (Å²) in [7, 11) is 0. The van der Waals surface area contributed by atoms with Crippen LogP contribution in [-0.4, -0.2) is 20.1 Å². The van der Waals surface area contributed by atoms with Crippen LogP contribution in [0.2, 0.25) is 0 Å². The molecule has 0 aliphatic rings. The largest absolute Gasteiger partial charge is 0.504 e. The monoisotopic (exact) mass is 283 g/mol. The Balaban J connectivity index is 2.12. The van der Waals surface area contributed by atoms with Gasteiger partial charge in [-0.2, -0.15) is 0 Å². The first-order chi connectivity index (χ1) is 10.0. The maximum absolute atomic E-state index is 12.0. The van der Waals surface area contributed by atoms with Gasteiger partial charge in [0.05, 0.1) is 16.7 Å². The fourth-order valence-electron chi connectivity index (χ4n) is 2.11. The van der Waals surface area contributed by atoms with Crippen molar-refractivity contribution in [1.29, 1.82) is 0 Å². The molecule has 0 bridgehead atoms. The molecule has 2 heterocycles. The number of aryl methyl sites for hydroxylation is 2. The number of hydrogen-bond acceptors (Lipinski definition) is 5. The molecule has 6 nitrogen and oxygen atoms in total. The number of nitrogens with one attached hydrogen (secondary N) is 1. The summed E-state index contributed by atoms with van der Waals surface area (Å²) in [6.45, 7) is 3.40. The number of aliphatic hydroxyl groups excluding tert-OH is 1. The van der Waals surface area contributed by atoms with Gasteiger partial charge in [-0.25, -0.2) is 9.97 Å². The average Bonchev–Trinajstić information content (AvgIpc) is 2.78. The van der Waals surface area contributed by atoms with Gasteiger partial charge in [0.25, 0.3) is 5.56 Å². The molecule has 0 saturated carbocycles. The lowest BCUT2D eigenvalue weighted by Gasteiger charge is -2.00. The Labute approximate surface area is 119 Å². The first-order valence-corrected chi connectivity index (χ1v) is 6.39. The van der Waals surface area contributed by atoms with Crippen LogP contribution in [0.4, 0.5) is 0 Å². The molecule has 21 heavy (non-hydrogen) atoms. The predicted octanol–water partition coefficient (Wildman–Crippen LogP) is 2.58. The summed E-state index contributed by atoms with van der Waals surface area (Å²) in [5, 5.41) is 10.1. The average molecular weight is 283 g/mol. The zero-order chi connectivity index (χ0) is 15.0. The van der Waals surface area contributed by atoms with Crippen LogP contribution < -0.4 is 5.56 Å². The Morgan fingerprint density at radius 3 is 2.76 bits per heavy atom. The second kappa shape index (κ2) is 4.90. The zero-order valence-corrected chi connectivity index (χ0v) is 11.5. The molecule has 0 radical (unpaired) electrons. The number of para-hydroxylation sites is 2. The highest BCUT2D eigenvalue weighted by Gasteiger charge is 2.12. The van der Waals surface area contributed by atoms with E-state index < -0.39 is 0 Å². The molecule has 106 valence electrons. The number of hydrogen-bond donors (Lipinski definition) is 2. The van der Waals surface area contributed by atoms with E-state index in [0.29, 0.717) is 22.6 Å². The lowest BCUT2D eigenvalue weighted by atomic mass is 10.2. The van der Waals surface area contributed by atoms with Crippen molar-refractivity contribution in [2.75, 3.05) is 0 Å². The molecule has 0 saturated heterocycles. The number of rotatable bonds is 2. The predicted molar refractivity (Wildman–Crippen MR) is 78.8 cm³/mol. The van der Waals surface area contributed by atoms with E-state index in [4.69, 9.17) is 4.42 Å². The van der Waals surface area contributed by atoms with Gasteiger partial charge in [0.1, 0.15) is 5.69 Å². The third-order valence-electron chi connectivity index (χ3n) is 3.04. The van der Waals surface area contributed by atoms with E-state index in [0.717, 1.165) is 0 Å². The smallest absolute Gasteiger partial charge is 0.274 e. The van der Waals surface area contributed by atoms with Crippen molar-refractivity contribution < 1.29 is 9.52 Å². The third kappa shape index (κ3) is 2.43. The molecular weight excluding hydrogens is 270 g/mol. The first-order valence-electron chi connectivity index (χ1n) is 6.39. The van der Waals surface area contributed by atoms with Crippen LogP contribution in [0, 0.1) is 13.8 Å². The molecule has 2 aromatic heterocycles. The number of aliphatic hydroxyl groups is 1. The minimum Gasteiger partial charge on any atom is -0.504 e. The van der Waals surface area contributed by atoms with Gasteiger partial charge < -0.3 is 14.5 Å². The molecule has 0 aliphatic heterocycles. The number of fused-ring (bicyclic) bond motifs is 1. The number of aromatic nitrogens is 3. The molecule has 0 spiro atoms. The SMILES string of the molecule is Cc1nc(C)c(/C(O)=C/c2nc3ccccc3[nH]c2=O)o1. The van der Waals surface area contributed by atoms with Crippen molar-refractivity contribution in [1.82, 2.24) is 15.0 Å². The van der Waals surface area contributed by atoms with Gasteiger partial charge in [-0.15, -0.1) is 0 Å². The van der Waals surface area contributed by atoms with Crippen LogP contribution in [0.1, 0.15) is 23.0 Å². The number of H-pyrrole nitrogens is 1. The van der Waals surface area contributed by atoms with Crippen LogP contribution >= 0.6 is 0 Å². The molecule has 0 aliphatic carbocycles. The number of benzene rings is 1. The lowest BCUT2D eigenvalue weighted by Crippen LogP contribution is -2.12. The van der Waals surface area contributed by atoms with E-state index in [2.05, 4.69) is 15.0 Å². The normalized spacial score (nSPS) is 12.0. The van der Waals surface area contributed by atoms with Gasteiger partial charge in [0.15, 0.2) is 17.4 Å². The van der Waals surface area contributed by atoms with Crippen LogP contribution in [0.25, 0.3) is 22.9 Å². The van der Waals surface area contributed by atoms with Crippen LogP contribution in [0.15, 0.2) is 33.5 Å². The summed E-state index contributed by atoms with van der Waals surface area (Å²) in [5.74, 6) is 0.506. The molecule has 3 aromatic rings. The van der Waals surface area contributed by atoms with Crippen molar-refractivity contribution in [2.45, 2.75) is 13.8 Å². The Hall–Kier alpha value is -2.89. The highest BCUT2D eigenvalue weighted by atomic mass is 16.4. The fraction of sp³-hybridized carbons (Fsp3) is 0.133. The van der Waals surface area contributed by atoms with Gasteiger partial charge in [-0.1, -0.05) is 12.1 Å². The van der Waals surface area contributed by atoms with Gasteiger partial charge in [-0.05, 0) is 19.1 Å². The van der Waals surface area contributed by atoms with E-state index >= 15 is 0 Å². The maximum Gasteiger partial charge on any atom is 0.274 e. The highest BCUT2D eigenvalue weighted by Crippen LogP contribution is 2.19. The molecule has 0 fully saturated rings. The Bertz CT molecular complexity index is 906. The second-order valence-corrected chi connectivity index (χ2v) is 4.65. The van der Waals surface area contributed by atoms with Gasteiger partial charge in [0.2, 0.25) is 0 Å². The standard InChI is InChI=1S/C15H13N3O3/c1-8-14(21-9(2)16-8)13(19)7-12-15(20)18-11-6-4-3-5-10(11)17-12/h3-7,19H,1-2H3,(H,18,20)/b13-7-. The Morgan fingerprint density at radius 2 is 2.05 bits per heavy atom. The first kappa shape index (κ1) is 13.1. The van der Waals surface area contributed by atoms with Crippen LogP contribution in [-0.2, 0) is 0 Å². The van der Waals surface area contributed by atoms with Crippen LogP contribution in [0.5, 0.6) is 0 Å². The third-order valence-corrected chi connectivity index (χ3v) is 3.04. The molecule has 0 atom stereocenters. The molecule has 3 rings (SSSR count). The minimum absolute atomic E-state index is 0.111. The summed E-state index contributed by atoms with van der Waals surface area (Å²) in [6, 6.07) is 7.18. The number of aromatic amines is 1. The molecule has 0 amide bonds. The molecule has 1 aromatic carbocycles. The van der Waals surface area contributed by atoms with Gasteiger partial charge in [-0.3, -0.25) is 4.79 Å². The van der Waals surface area contributed by atoms with E-state index in [1.807, 2.05) is 12.1 Å². The van der Waals surface area contributed by atoms with Crippen LogP contribution in [0.3, 0.4) is 0 Å². The van der Waals surface area contributed by atoms with E-state index in [1.165, 1.54) is 6.08 Å². The van der Waals surface area contributed by atoms with Crippen molar-refractivity contribution in [3.63, 3.8) is 0 Å². The Kier molecular flexibility index (Phi) is 3.06. The maximum atomic E-state index is 12.0. The lowest BCUT2D eigenvalue weighted by molar-refractivity contribution is 0.446. The van der Waals surface area contributed by atoms with E-state index in [1.54, 1.807) is 26.0 Å². The van der Waals surface area contributed by atoms with Crippen molar-refractivity contribution in [3.05, 3.63) is 57.7 Å². The fourth-order valence-corrected chi connectivity index (χ4v) is 2.11. The number of nitrogens with zero attached hydrogens (tertiary/aromatic N) is 2. The van der Waals surface area contributed by atoms with Gasteiger partial charge in [0, 0.05) is 13.0 Å². The quantitative estimate of drug-likeness (QED) is 0.705. The van der Waals surface area contributed by atoms with Crippen molar-refractivity contribution in [2.24, 2.45) is 0 Å². The zero-order valence-electron chi connectivity index (χ0n) is 11.5. The van der Waals surface area contributed by atoms with E-state index in [9.17, 15) is 9.90 Å². The van der Waals surface area contributed by atoms with E-state index in [-0.39, 0.29) is 22.8 Å². The van der Waals surface area contributed by atoms with Crippen molar-refractivity contribution in [3.8, 4) is 0 Å².